The van der Waals surface area contributed by atoms with Crippen LogP contribution in [-0.4, -0.2) is 14.3 Å². The first-order valence-corrected chi connectivity index (χ1v) is 9.41. The predicted octanol–water partition coefficient (Wildman–Crippen LogP) is 2.92. The number of amides is 1. The van der Waals surface area contributed by atoms with Crippen molar-refractivity contribution in [1.29, 1.82) is 0 Å². The van der Waals surface area contributed by atoms with Crippen LogP contribution in [0.5, 0.6) is 0 Å². The monoisotopic (exact) mass is 346 g/mol. The Kier molecular flexibility index (Phi) is 5.75. The molecule has 0 aliphatic carbocycles. The molecule has 3 N–H and O–H groups in total. The van der Waals surface area contributed by atoms with Gasteiger partial charge in [-0.3, -0.25) is 4.79 Å². The van der Waals surface area contributed by atoms with Gasteiger partial charge in [-0.2, -0.15) is 0 Å². The first kappa shape index (κ1) is 18.2. The van der Waals surface area contributed by atoms with Gasteiger partial charge in [-0.25, -0.2) is 13.6 Å². The van der Waals surface area contributed by atoms with Crippen LogP contribution in [-0.2, 0) is 20.6 Å². The third-order valence-corrected chi connectivity index (χ3v) is 4.53. The Labute approximate surface area is 142 Å². The molecule has 0 bridgehead atoms. The van der Waals surface area contributed by atoms with Crippen molar-refractivity contribution in [2.24, 2.45) is 5.14 Å². The molecule has 0 radical (unpaired) electrons. The predicted molar refractivity (Wildman–Crippen MR) is 96.1 cm³/mol. The number of hydrogen-bond acceptors (Lipinski definition) is 3. The van der Waals surface area contributed by atoms with Crippen molar-refractivity contribution in [2.75, 3.05) is 5.32 Å². The largest absolute Gasteiger partial charge is 0.326 e. The molecule has 0 fully saturated rings. The van der Waals surface area contributed by atoms with E-state index in [2.05, 4.69) is 5.32 Å². The average molecular weight is 346 g/mol. The van der Waals surface area contributed by atoms with E-state index in [9.17, 15) is 13.2 Å². The Morgan fingerprint density at radius 3 is 2.54 bits per heavy atom. The van der Waals surface area contributed by atoms with Gasteiger partial charge in [0.05, 0.1) is 5.75 Å². The SMILES string of the molecule is Cc1ccccc1[C@@H](C)CC(=O)Nc1cccc(CS(N)(=O)=O)c1. The molecule has 1 amide bonds. The number of nitrogens with two attached hydrogens (primary N) is 1. The summed E-state index contributed by atoms with van der Waals surface area (Å²) in [5.74, 6) is -0.270. The lowest BCUT2D eigenvalue weighted by molar-refractivity contribution is -0.116. The van der Waals surface area contributed by atoms with E-state index in [1.165, 1.54) is 0 Å². The van der Waals surface area contributed by atoms with E-state index < -0.39 is 10.0 Å². The summed E-state index contributed by atoms with van der Waals surface area (Å²) in [6.07, 6.45) is 0.351. The Morgan fingerprint density at radius 1 is 1.17 bits per heavy atom. The van der Waals surface area contributed by atoms with Crippen molar-refractivity contribution in [2.45, 2.75) is 31.9 Å². The zero-order valence-electron chi connectivity index (χ0n) is 13.8. The summed E-state index contributed by atoms with van der Waals surface area (Å²) >= 11 is 0. The molecule has 0 unspecified atom stereocenters. The highest BCUT2D eigenvalue weighted by molar-refractivity contribution is 7.88. The summed E-state index contributed by atoms with van der Waals surface area (Å²) in [6.45, 7) is 4.04. The van der Waals surface area contributed by atoms with Gasteiger partial charge in [-0.1, -0.05) is 43.3 Å². The lowest BCUT2D eigenvalue weighted by Crippen LogP contribution is -2.16. The first-order valence-electron chi connectivity index (χ1n) is 7.69. The number of sulfonamides is 1. The van der Waals surface area contributed by atoms with Gasteiger partial charge in [0.1, 0.15) is 0 Å². The van der Waals surface area contributed by atoms with Gasteiger partial charge < -0.3 is 5.32 Å². The minimum Gasteiger partial charge on any atom is -0.326 e. The molecule has 24 heavy (non-hydrogen) atoms. The highest BCUT2D eigenvalue weighted by Gasteiger charge is 2.13. The molecule has 0 saturated carbocycles. The molecule has 2 aromatic carbocycles. The van der Waals surface area contributed by atoms with Crippen LogP contribution in [0, 0.1) is 6.92 Å². The number of primary sulfonamides is 1. The molecule has 0 spiro atoms. The van der Waals surface area contributed by atoms with E-state index in [1.807, 2.05) is 38.1 Å². The van der Waals surface area contributed by atoms with Gasteiger partial charge in [-0.05, 0) is 41.7 Å². The topological polar surface area (TPSA) is 89.3 Å². The maximum Gasteiger partial charge on any atom is 0.224 e. The van der Waals surface area contributed by atoms with E-state index in [-0.39, 0.29) is 17.6 Å². The van der Waals surface area contributed by atoms with E-state index in [0.717, 1.165) is 11.1 Å². The number of aryl methyl sites for hydroxylation is 1. The van der Waals surface area contributed by atoms with Crippen LogP contribution in [0.3, 0.4) is 0 Å². The maximum atomic E-state index is 12.2. The lowest BCUT2D eigenvalue weighted by Gasteiger charge is -2.14. The van der Waals surface area contributed by atoms with Crippen molar-refractivity contribution >= 4 is 21.6 Å². The van der Waals surface area contributed by atoms with Gasteiger partial charge in [0.15, 0.2) is 0 Å². The number of benzene rings is 2. The summed E-state index contributed by atoms with van der Waals surface area (Å²) in [5.41, 5.74) is 3.42. The number of carbonyl (C=O) groups excluding carboxylic acids is 1. The van der Waals surface area contributed by atoms with Crippen molar-refractivity contribution in [1.82, 2.24) is 0 Å². The molecule has 0 aliphatic rings. The van der Waals surface area contributed by atoms with Crippen LogP contribution in [0.1, 0.15) is 36.0 Å². The average Bonchev–Trinajstić information content (AvgIpc) is 2.45. The van der Waals surface area contributed by atoms with Crippen molar-refractivity contribution in [3.8, 4) is 0 Å². The van der Waals surface area contributed by atoms with E-state index in [4.69, 9.17) is 5.14 Å². The second kappa shape index (κ2) is 7.59. The zero-order valence-corrected chi connectivity index (χ0v) is 14.6. The molecular weight excluding hydrogens is 324 g/mol. The second-order valence-corrected chi connectivity index (χ2v) is 7.63. The van der Waals surface area contributed by atoms with Gasteiger partial charge >= 0.3 is 0 Å². The summed E-state index contributed by atoms with van der Waals surface area (Å²) in [6, 6.07) is 14.7. The molecule has 0 saturated heterocycles. The maximum absolute atomic E-state index is 12.2. The first-order chi connectivity index (χ1) is 11.2. The fourth-order valence-electron chi connectivity index (χ4n) is 2.71. The number of carbonyl (C=O) groups is 1. The molecule has 1 atom stereocenters. The fraction of sp³-hybridized carbons (Fsp3) is 0.278. The summed E-state index contributed by atoms with van der Waals surface area (Å²) in [4.78, 5) is 12.2. The van der Waals surface area contributed by atoms with Crippen LogP contribution < -0.4 is 10.5 Å². The number of hydrogen-bond donors (Lipinski definition) is 2. The third-order valence-electron chi connectivity index (χ3n) is 3.79. The van der Waals surface area contributed by atoms with Crippen LogP contribution in [0.2, 0.25) is 0 Å². The highest BCUT2D eigenvalue weighted by atomic mass is 32.2. The Morgan fingerprint density at radius 2 is 1.88 bits per heavy atom. The van der Waals surface area contributed by atoms with Crippen molar-refractivity contribution < 1.29 is 13.2 Å². The van der Waals surface area contributed by atoms with Gasteiger partial charge in [0.25, 0.3) is 0 Å². The minimum absolute atomic E-state index is 0.0961. The van der Waals surface area contributed by atoms with Crippen LogP contribution in [0.15, 0.2) is 48.5 Å². The summed E-state index contributed by atoms with van der Waals surface area (Å²) in [5, 5.41) is 7.86. The molecule has 0 aliphatic heterocycles. The van der Waals surface area contributed by atoms with Gasteiger partial charge in [0.2, 0.25) is 15.9 Å². The third kappa shape index (κ3) is 5.47. The molecule has 128 valence electrons. The molecular formula is C18H22N2O3S. The normalized spacial score (nSPS) is 12.6. The van der Waals surface area contributed by atoms with Gasteiger partial charge in [-0.15, -0.1) is 0 Å². The van der Waals surface area contributed by atoms with Gasteiger partial charge in [0, 0.05) is 12.1 Å². The molecule has 5 nitrogen and oxygen atoms in total. The second-order valence-electron chi connectivity index (χ2n) is 6.02. The standard InChI is InChI=1S/C18H22N2O3S/c1-13-6-3-4-9-17(13)14(2)10-18(21)20-16-8-5-7-15(11-16)12-24(19,22)23/h3-9,11,14H,10,12H2,1-2H3,(H,20,21)(H2,19,22,23)/t14-/m0/s1. The number of nitrogens with one attached hydrogen (secondary N) is 1. The van der Waals surface area contributed by atoms with E-state index in [1.54, 1.807) is 24.3 Å². The molecule has 2 aromatic rings. The Balaban J connectivity index is 2.02. The fourth-order valence-corrected chi connectivity index (χ4v) is 3.36. The number of anilines is 1. The Hall–Kier alpha value is -2.18. The molecule has 2 rings (SSSR count). The lowest BCUT2D eigenvalue weighted by atomic mass is 9.93. The van der Waals surface area contributed by atoms with E-state index >= 15 is 0 Å². The smallest absolute Gasteiger partial charge is 0.224 e. The Bertz CT molecular complexity index is 832. The molecule has 0 aromatic heterocycles. The number of rotatable bonds is 6. The summed E-state index contributed by atoms with van der Waals surface area (Å²) < 4.78 is 22.3. The quantitative estimate of drug-likeness (QED) is 0.843. The summed E-state index contributed by atoms with van der Waals surface area (Å²) in [7, 11) is -3.59. The minimum atomic E-state index is -3.59. The van der Waals surface area contributed by atoms with Crippen LogP contribution in [0.25, 0.3) is 0 Å². The van der Waals surface area contributed by atoms with E-state index in [0.29, 0.717) is 17.7 Å². The zero-order chi connectivity index (χ0) is 17.7. The molecule has 0 heterocycles. The van der Waals surface area contributed by atoms with Crippen molar-refractivity contribution in [3.63, 3.8) is 0 Å². The van der Waals surface area contributed by atoms with Crippen LogP contribution in [0.4, 0.5) is 5.69 Å². The highest BCUT2D eigenvalue weighted by Crippen LogP contribution is 2.23. The molecule has 6 heteroatoms. The van der Waals surface area contributed by atoms with Crippen molar-refractivity contribution in [3.05, 3.63) is 65.2 Å². The van der Waals surface area contributed by atoms with Crippen LogP contribution >= 0.6 is 0 Å².